The fraction of sp³-hybridized carbons (Fsp3) is 0.706. The Labute approximate surface area is 178 Å². The van der Waals surface area contributed by atoms with E-state index in [2.05, 4.69) is 5.32 Å². The summed E-state index contributed by atoms with van der Waals surface area (Å²) in [6.07, 6.45) is -3.22. The van der Waals surface area contributed by atoms with Gasteiger partial charge in [-0.2, -0.15) is 0 Å². The molecular weight excluding hydrogens is 426 g/mol. The van der Waals surface area contributed by atoms with Gasteiger partial charge in [0, 0.05) is 27.7 Å². The maximum atomic E-state index is 11.8. The zero-order valence-electron chi connectivity index (χ0n) is 16.8. The molecule has 5 atom stereocenters. The van der Waals surface area contributed by atoms with Crippen LogP contribution in [-0.4, -0.2) is 71.2 Å². The average molecular weight is 452 g/mol. The second kappa shape index (κ2) is 11.9. The first-order valence-electron chi connectivity index (χ1n) is 8.78. The van der Waals surface area contributed by atoms with Crippen LogP contribution in [0.1, 0.15) is 34.6 Å². The van der Waals surface area contributed by atoms with Crippen LogP contribution in [0.25, 0.3) is 0 Å². The quantitative estimate of drug-likeness (QED) is 0.334. The van der Waals surface area contributed by atoms with E-state index < -0.39 is 53.6 Å². The Kier molecular flexibility index (Phi) is 10.3. The third-order valence-electron chi connectivity index (χ3n) is 3.55. The SMILES string of the molecule is CCOC(=S)S[C@H]1O[C@H](COC(C)=O)[C@@H](OC(C)=O)[C@H](OC(C)=O)[C@H]1NC(C)=O. The van der Waals surface area contributed by atoms with Gasteiger partial charge in [-0.05, 0) is 30.9 Å². The Bertz CT molecular complexity index is 642. The number of hydrogen-bond donors (Lipinski definition) is 1. The standard InChI is InChI=1S/C17H25NO9S2/c1-6-23-17(28)29-16-13(18-8(2)19)15(26-11(5)22)14(25-10(4)21)12(27-16)7-24-9(3)20/h12-16H,6-7H2,1-5H3,(H,18,19)/t12-,13-,14-,15-,16-/m1/s1. The Hall–Kier alpha value is -1.92. The molecule has 164 valence electrons. The maximum absolute atomic E-state index is 11.8. The summed E-state index contributed by atoms with van der Waals surface area (Å²) >= 11 is 6.13. The summed E-state index contributed by atoms with van der Waals surface area (Å²) < 4.78 is 27.0. The summed E-state index contributed by atoms with van der Waals surface area (Å²) in [5, 5.41) is 2.65. The van der Waals surface area contributed by atoms with E-state index >= 15 is 0 Å². The lowest BCUT2D eigenvalue weighted by Crippen LogP contribution is -2.65. The van der Waals surface area contributed by atoms with Crippen LogP contribution >= 0.6 is 24.0 Å². The molecule has 0 spiro atoms. The molecule has 1 rings (SSSR count). The van der Waals surface area contributed by atoms with Crippen molar-refractivity contribution in [3.63, 3.8) is 0 Å². The number of rotatable bonds is 7. The highest BCUT2D eigenvalue weighted by atomic mass is 32.2. The van der Waals surface area contributed by atoms with Crippen LogP contribution in [0.3, 0.4) is 0 Å². The number of hydrogen-bond acceptors (Lipinski definition) is 11. The summed E-state index contributed by atoms with van der Waals surface area (Å²) in [4.78, 5) is 46.4. The third-order valence-corrected chi connectivity index (χ3v) is 4.90. The molecule has 10 nitrogen and oxygen atoms in total. The van der Waals surface area contributed by atoms with E-state index in [0.29, 0.717) is 6.61 Å². The number of thiocarbonyl (C=S) groups is 1. The van der Waals surface area contributed by atoms with Gasteiger partial charge in [0.15, 0.2) is 12.2 Å². The van der Waals surface area contributed by atoms with Crippen molar-refractivity contribution in [2.45, 2.75) is 64.4 Å². The molecule has 0 bridgehead atoms. The normalized spacial score (nSPS) is 26.0. The first-order valence-corrected chi connectivity index (χ1v) is 10.1. The fourth-order valence-electron chi connectivity index (χ4n) is 2.64. The Balaban J connectivity index is 3.29. The first-order chi connectivity index (χ1) is 13.5. The molecule has 0 aromatic heterocycles. The van der Waals surface area contributed by atoms with Gasteiger partial charge in [-0.25, -0.2) is 0 Å². The van der Waals surface area contributed by atoms with E-state index in [1.807, 2.05) is 0 Å². The molecular formula is C17H25NO9S2. The molecule has 1 saturated heterocycles. The van der Waals surface area contributed by atoms with Crippen LogP contribution < -0.4 is 5.32 Å². The van der Waals surface area contributed by atoms with Crippen LogP contribution in [0.4, 0.5) is 0 Å². The van der Waals surface area contributed by atoms with Crippen molar-refractivity contribution in [1.82, 2.24) is 5.32 Å². The van der Waals surface area contributed by atoms with Crippen molar-refractivity contribution in [2.75, 3.05) is 13.2 Å². The van der Waals surface area contributed by atoms with Gasteiger partial charge >= 0.3 is 17.9 Å². The summed E-state index contributed by atoms with van der Waals surface area (Å²) in [5.41, 5.74) is -0.866. The monoisotopic (exact) mass is 451 g/mol. The molecule has 29 heavy (non-hydrogen) atoms. The lowest BCUT2D eigenvalue weighted by molar-refractivity contribution is -0.211. The van der Waals surface area contributed by atoms with Crippen molar-refractivity contribution in [3.8, 4) is 0 Å². The highest BCUT2D eigenvalue weighted by molar-refractivity contribution is 8.22. The number of esters is 3. The molecule has 1 aliphatic heterocycles. The zero-order chi connectivity index (χ0) is 22.1. The van der Waals surface area contributed by atoms with E-state index in [4.69, 9.17) is 35.9 Å². The minimum absolute atomic E-state index is 0.145. The first kappa shape index (κ1) is 25.1. The van der Waals surface area contributed by atoms with Gasteiger partial charge in [-0.15, -0.1) is 0 Å². The second-order valence-corrected chi connectivity index (χ2v) is 7.72. The molecule has 1 fully saturated rings. The molecule has 0 aliphatic carbocycles. The molecule has 1 heterocycles. The van der Waals surface area contributed by atoms with Gasteiger partial charge in [-0.3, -0.25) is 19.2 Å². The summed E-state index contributed by atoms with van der Waals surface area (Å²) in [5.74, 6) is -2.33. The molecule has 1 N–H and O–H groups in total. The maximum Gasteiger partial charge on any atom is 0.303 e. The number of carbonyl (C=O) groups excluding carboxylic acids is 4. The average Bonchev–Trinajstić information content (AvgIpc) is 2.57. The number of thioether (sulfide) groups is 1. The van der Waals surface area contributed by atoms with Gasteiger partial charge in [0.2, 0.25) is 10.3 Å². The van der Waals surface area contributed by atoms with Crippen LogP contribution in [0.2, 0.25) is 0 Å². The van der Waals surface area contributed by atoms with Crippen molar-refractivity contribution in [2.24, 2.45) is 0 Å². The van der Waals surface area contributed by atoms with Crippen molar-refractivity contribution >= 4 is 52.2 Å². The topological polar surface area (TPSA) is 126 Å². The molecule has 0 aromatic carbocycles. The van der Waals surface area contributed by atoms with E-state index in [0.717, 1.165) is 11.8 Å². The summed E-state index contributed by atoms with van der Waals surface area (Å²) in [7, 11) is 0. The number of amides is 1. The van der Waals surface area contributed by atoms with Crippen molar-refractivity contribution in [3.05, 3.63) is 0 Å². The van der Waals surface area contributed by atoms with E-state index in [-0.39, 0.29) is 11.0 Å². The summed E-state index contributed by atoms with van der Waals surface area (Å²) in [6, 6.07) is -0.919. The third kappa shape index (κ3) is 8.54. The Morgan fingerprint density at radius 3 is 2.03 bits per heavy atom. The van der Waals surface area contributed by atoms with Crippen LogP contribution in [0.15, 0.2) is 0 Å². The lowest BCUT2D eigenvalue weighted by atomic mass is 9.97. The van der Waals surface area contributed by atoms with E-state index in [9.17, 15) is 19.2 Å². The summed E-state index contributed by atoms with van der Waals surface area (Å²) in [6.45, 7) is 6.65. The molecule has 0 radical (unpaired) electrons. The Morgan fingerprint density at radius 1 is 0.966 bits per heavy atom. The van der Waals surface area contributed by atoms with Gasteiger partial charge in [0.25, 0.3) is 0 Å². The second-order valence-electron chi connectivity index (χ2n) is 6.02. The molecule has 1 amide bonds. The number of ether oxygens (including phenoxy) is 5. The molecule has 0 saturated carbocycles. The van der Waals surface area contributed by atoms with Crippen LogP contribution in [-0.2, 0) is 42.9 Å². The van der Waals surface area contributed by atoms with E-state index in [1.165, 1.54) is 27.7 Å². The predicted molar refractivity (Wildman–Crippen MR) is 106 cm³/mol. The highest BCUT2D eigenvalue weighted by Gasteiger charge is 2.51. The smallest absolute Gasteiger partial charge is 0.303 e. The molecule has 1 aliphatic rings. The molecule has 0 aromatic rings. The van der Waals surface area contributed by atoms with Crippen LogP contribution in [0.5, 0.6) is 0 Å². The Morgan fingerprint density at radius 2 is 1.55 bits per heavy atom. The largest absolute Gasteiger partial charge is 0.479 e. The minimum atomic E-state index is -1.13. The highest BCUT2D eigenvalue weighted by Crippen LogP contribution is 2.33. The number of carbonyl (C=O) groups is 4. The predicted octanol–water partition coefficient (Wildman–Crippen LogP) is 0.697. The van der Waals surface area contributed by atoms with Gasteiger partial charge in [-0.1, -0.05) is 0 Å². The van der Waals surface area contributed by atoms with E-state index in [1.54, 1.807) is 6.92 Å². The van der Waals surface area contributed by atoms with Crippen molar-refractivity contribution < 1.29 is 42.9 Å². The molecule has 0 unspecified atom stereocenters. The van der Waals surface area contributed by atoms with Gasteiger partial charge < -0.3 is 29.0 Å². The lowest BCUT2D eigenvalue weighted by Gasteiger charge is -2.44. The number of nitrogens with one attached hydrogen (secondary N) is 1. The van der Waals surface area contributed by atoms with Gasteiger partial charge in [0.05, 0.1) is 6.61 Å². The fourth-order valence-corrected chi connectivity index (χ4v) is 3.98. The zero-order valence-corrected chi connectivity index (χ0v) is 18.4. The van der Waals surface area contributed by atoms with Crippen LogP contribution in [0, 0.1) is 0 Å². The van der Waals surface area contributed by atoms with Crippen molar-refractivity contribution in [1.29, 1.82) is 0 Å². The molecule has 12 heteroatoms. The minimum Gasteiger partial charge on any atom is -0.479 e. The van der Waals surface area contributed by atoms with Gasteiger partial charge in [0.1, 0.15) is 24.2 Å².